The van der Waals surface area contributed by atoms with E-state index in [1.807, 2.05) is 31.3 Å². The molecular weight excluding hydrogens is 433 g/mol. The second kappa shape index (κ2) is 10.9. The number of nitrogens with zero attached hydrogens (tertiary/aromatic N) is 5. The van der Waals surface area contributed by atoms with Crippen molar-refractivity contribution in [3.63, 3.8) is 0 Å². The van der Waals surface area contributed by atoms with E-state index in [0.717, 1.165) is 38.2 Å². The Morgan fingerprint density at radius 3 is 2.53 bits per heavy atom. The lowest BCUT2D eigenvalue weighted by molar-refractivity contribution is -0.120. The van der Waals surface area contributed by atoms with Crippen molar-refractivity contribution in [3.05, 3.63) is 72.0 Å². The van der Waals surface area contributed by atoms with E-state index >= 15 is 4.39 Å². The molecule has 3 aromatic rings. The van der Waals surface area contributed by atoms with Gasteiger partial charge in [-0.2, -0.15) is 0 Å². The van der Waals surface area contributed by atoms with Gasteiger partial charge in [0.1, 0.15) is 11.4 Å². The summed E-state index contributed by atoms with van der Waals surface area (Å²) in [6, 6.07) is 12.4. The molecule has 4 rings (SSSR count). The lowest BCUT2D eigenvalue weighted by atomic mass is 9.84. The van der Waals surface area contributed by atoms with Crippen molar-refractivity contribution in [2.24, 2.45) is 0 Å². The molecule has 34 heavy (non-hydrogen) atoms. The van der Waals surface area contributed by atoms with Crippen LogP contribution in [0.2, 0.25) is 0 Å². The monoisotopic (exact) mass is 465 g/mol. The summed E-state index contributed by atoms with van der Waals surface area (Å²) < 4.78 is 21.1. The molecule has 1 aliphatic heterocycles. The number of anilines is 1. The zero-order valence-corrected chi connectivity index (χ0v) is 19.9. The number of likely N-dealkylation sites (tertiary alicyclic amines) is 1. The van der Waals surface area contributed by atoms with Gasteiger partial charge in [-0.05, 0) is 43.5 Å². The number of pyridine rings is 1. The average Bonchev–Trinajstić information content (AvgIpc) is 3.35. The normalized spacial score (nSPS) is 15.9. The molecule has 180 valence electrons. The van der Waals surface area contributed by atoms with Crippen molar-refractivity contribution in [2.45, 2.75) is 57.9 Å². The van der Waals surface area contributed by atoms with Crippen LogP contribution in [0, 0.1) is 5.82 Å². The largest absolute Gasteiger partial charge is 0.423 e. The van der Waals surface area contributed by atoms with Gasteiger partial charge in [0.25, 0.3) is 0 Å². The van der Waals surface area contributed by atoms with Gasteiger partial charge in [0, 0.05) is 50.8 Å². The highest BCUT2D eigenvalue weighted by Crippen LogP contribution is 2.42. The van der Waals surface area contributed by atoms with Gasteiger partial charge in [-0.3, -0.25) is 14.7 Å². The Hall–Kier alpha value is -3.13. The molecule has 0 bridgehead atoms. The number of carbonyl (C=O) groups is 1. The molecule has 1 amide bonds. The summed E-state index contributed by atoms with van der Waals surface area (Å²) >= 11 is 0. The Morgan fingerprint density at radius 2 is 1.85 bits per heavy atom. The molecule has 0 N–H and O–H groups in total. The van der Waals surface area contributed by atoms with E-state index in [9.17, 15) is 4.79 Å². The predicted octanol–water partition coefficient (Wildman–Crippen LogP) is 4.53. The van der Waals surface area contributed by atoms with Crippen molar-refractivity contribution in [2.75, 3.05) is 24.5 Å². The fraction of sp³-hybridized carbons (Fsp3) is 0.462. The van der Waals surface area contributed by atoms with E-state index in [-0.39, 0.29) is 18.0 Å². The Labute approximate surface area is 200 Å². The van der Waals surface area contributed by atoms with Crippen LogP contribution in [0.3, 0.4) is 0 Å². The number of para-hydroxylation sites is 1. The van der Waals surface area contributed by atoms with E-state index < -0.39 is 11.4 Å². The molecule has 7 nitrogen and oxygen atoms in total. The third-order valence-electron chi connectivity index (χ3n) is 6.50. The summed E-state index contributed by atoms with van der Waals surface area (Å²) in [5.41, 5.74) is 0.414. The highest BCUT2D eigenvalue weighted by Gasteiger charge is 2.49. The second-order valence-electron chi connectivity index (χ2n) is 8.73. The van der Waals surface area contributed by atoms with Crippen LogP contribution < -0.4 is 4.90 Å². The fourth-order valence-corrected chi connectivity index (χ4v) is 4.65. The number of hydrogen-bond donors (Lipinski definition) is 0. The molecule has 0 radical (unpaired) electrons. The van der Waals surface area contributed by atoms with Crippen LogP contribution in [0.15, 0.2) is 53.1 Å². The number of hydrogen-bond acceptors (Lipinski definition) is 6. The zero-order chi connectivity index (χ0) is 24.0. The van der Waals surface area contributed by atoms with Crippen LogP contribution in [0.1, 0.15) is 57.0 Å². The van der Waals surface area contributed by atoms with Crippen molar-refractivity contribution in [1.82, 2.24) is 20.1 Å². The maximum Gasteiger partial charge on any atom is 0.242 e. The van der Waals surface area contributed by atoms with Crippen molar-refractivity contribution in [3.8, 4) is 0 Å². The minimum atomic E-state index is -0.893. The molecule has 1 fully saturated rings. The molecule has 0 saturated carbocycles. The van der Waals surface area contributed by atoms with E-state index in [1.165, 1.54) is 6.07 Å². The molecule has 0 spiro atoms. The van der Waals surface area contributed by atoms with Gasteiger partial charge in [0.15, 0.2) is 0 Å². The fourth-order valence-electron chi connectivity index (χ4n) is 4.65. The number of amides is 1. The Balaban J connectivity index is 1.65. The quantitative estimate of drug-likeness (QED) is 0.462. The standard InChI is InChI=1S/C26H32FN5O2/c1-3-9-23-29-30-25(34-23)26(32(24(33)4-2)22-12-6-5-11-21(22)27)14-18-31(19-15-26)17-13-20-10-7-8-16-28-20/h5-8,10-12,16H,3-4,9,13-15,17-19H2,1-2H3. The number of aromatic nitrogens is 3. The van der Waals surface area contributed by atoms with Gasteiger partial charge in [-0.25, -0.2) is 4.39 Å². The van der Waals surface area contributed by atoms with E-state index in [0.29, 0.717) is 31.0 Å². The van der Waals surface area contributed by atoms with Crippen LogP contribution in [0.4, 0.5) is 10.1 Å². The number of piperidine rings is 1. The number of carbonyl (C=O) groups excluding carboxylic acids is 1. The summed E-state index contributed by atoms with van der Waals surface area (Å²) in [5.74, 6) is 0.342. The molecule has 0 aliphatic carbocycles. The summed E-state index contributed by atoms with van der Waals surface area (Å²) in [5, 5.41) is 8.62. The maximum atomic E-state index is 15.0. The first-order valence-corrected chi connectivity index (χ1v) is 12.1. The minimum Gasteiger partial charge on any atom is -0.423 e. The van der Waals surface area contributed by atoms with Crippen molar-refractivity contribution < 1.29 is 13.6 Å². The first kappa shape index (κ1) is 24.0. The number of rotatable bonds is 9. The van der Waals surface area contributed by atoms with Gasteiger partial charge < -0.3 is 9.32 Å². The van der Waals surface area contributed by atoms with Crippen LogP contribution in [-0.4, -0.2) is 45.6 Å². The summed E-state index contributed by atoms with van der Waals surface area (Å²) in [6.45, 7) is 6.15. The topological polar surface area (TPSA) is 75.4 Å². The van der Waals surface area contributed by atoms with Crippen LogP contribution >= 0.6 is 0 Å². The molecule has 1 aromatic carbocycles. The average molecular weight is 466 g/mol. The zero-order valence-electron chi connectivity index (χ0n) is 19.9. The van der Waals surface area contributed by atoms with E-state index in [2.05, 4.69) is 20.1 Å². The van der Waals surface area contributed by atoms with Gasteiger partial charge >= 0.3 is 0 Å². The highest BCUT2D eigenvalue weighted by molar-refractivity contribution is 5.94. The summed E-state index contributed by atoms with van der Waals surface area (Å²) in [4.78, 5) is 21.7. The van der Waals surface area contributed by atoms with Crippen LogP contribution in [0.25, 0.3) is 0 Å². The summed E-state index contributed by atoms with van der Waals surface area (Å²) in [6.07, 6.45) is 5.59. The van der Waals surface area contributed by atoms with Crippen molar-refractivity contribution >= 4 is 11.6 Å². The maximum absolute atomic E-state index is 15.0. The number of benzene rings is 1. The van der Waals surface area contributed by atoms with Gasteiger partial charge in [0.2, 0.25) is 17.7 Å². The Morgan fingerprint density at radius 1 is 1.09 bits per heavy atom. The molecule has 3 heterocycles. The molecule has 8 heteroatoms. The Kier molecular flexibility index (Phi) is 7.67. The molecular formula is C26H32FN5O2. The van der Waals surface area contributed by atoms with Crippen LogP contribution in [0.5, 0.6) is 0 Å². The van der Waals surface area contributed by atoms with Gasteiger partial charge in [0.05, 0.1) is 5.69 Å². The first-order valence-electron chi connectivity index (χ1n) is 12.1. The molecule has 1 aliphatic rings. The molecule has 0 unspecified atom stereocenters. The second-order valence-corrected chi connectivity index (χ2v) is 8.73. The Bertz CT molecular complexity index is 1080. The van der Waals surface area contributed by atoms with E-state index in [1.54, 1.807) is 30.0 Å². The summed E-state index contributed by atoms with van der Waals surface area (Å²) in [7, 11) is 0. The smallest absolute Gasteiger partial charge is 0.242 e. The van der Waals surface area contributed by atoms with E-state index in [4.69, 9.17) is 4.42 Å². The predicted molar refractivity (Wildman–Crippen MR) is 128 cm³/mol. The number of aryl methyl sites for hydroxylation is 1. The number of halogens is 1. The first-order chi connectivity index (χ1) is 16.6. The molecule has 2 aromatic heterocycles. The third-order valence-corrected chi connectivity index (χ3v) is 6.50. The third kappa shape index (κ3) is 5.01. The van der Waals surface area contributed by atoms with Crippen LogP contribution in [-0.2, 0) is 23.2 Å². The van der Waals surface area contributed by atoms with Gasteiger partial charge in [-0.15, -0.1) is 10.2 Å². The molecule has 0 atom stereocenters. The SMILES string of the molecule is CCCc1nnc(C2(N(C(=O)CC)c3ccccc3F)CCN(CCc3ccccn3)CC2)o1. The van der Waals surface area contributed by atoms with Crippen molar-refractivity contribution in [1.29, 1.82) is 0 Å². The highest BCUT2D eigenvalue weighted by atomic mass is 19.1. The minimum absolute atomic E-state index is 0.165. The lowest BCUT2D eigenvalue weighted by Crippen LogP contribution is -2.56. The molecule has 1 saturated heterocycles. The van der Waals surface area contributed by atoms with Gasteiger partial charge in [-0.1, -0.05) is 32.0 Å². The lowest BCUT2D eigenvalue weighted by Gasteiger charge is -2.46.